The van der Waals surface area contributed by atoms with Gasteiger partial charge in [0.25, 0.3) is 0 Å². The number of carbonyl (C=O) groups is 1. The van der Waals surface area contributed by atoms with Gasteiger partial charge in [-0.2, -0.15) is 4.98 Å². The van der Waals surface area contributed by atoms with Crippen molar-refractivity contribution in [2.75, 3.05) is 13.2 Å². The molecule has 1 aromatic heterocycles. The number of H-pyrrole nitrogens is 1. The number of nitrogens with zero attached hydrogens (tertiary/aromatic N) is 2. The van der Waals surface area contributed by atoms with Gasteiger partial charge >= 0.3 is 5.69 Å². The zero-order chi connectivity index (χ0) is 14.7. The van der Waals surface area contributed by atoms with Gasteiger partial charge in [-0.25, -0.2) is 4.79 Å². The summed E-state index contributed by atoms with van der Waals surface area (Å²) in [6, 6.07) is 0.256. The minimum absolute atomic E-state index is 0.0104. The number of aromatic amines is 1. The van der Waals surface area contributed by atoms with Crippen LogP contribution in [0.4, 0.5) is 0 Å². The van der Waals surface area contributed by atoms with Gasteiger partial charge in [-0.05, 0) is 33.1 Å². The van der Waals surface area contributed by atoms with E-state index in [4.69, 9.17) is 5.11 Å². The van der Waals surface area contributed by atoms with Gasteiger partial charge in [-0.15, -0.1) is 0 Å². The summed E-state index contributed by atoms with van der Waals surface area (Å²) in [7, 11) is 0. The van der Waals surface area contributed by atoms with Crippen molar-refractivity contribution in [2.24, 2.45) is 0 Å². The van der Waals surface area contributed by atoms with Crippen LogP contribution in [0.1, 0.15) is 36.2 Å². The Morgan fingerprint density at radius 3 is 2.65 bits per heavy atom. The maximum absolute atomic E-state index is 12.4. The summed E-state index contributed by atoms with van der Waals surface area (Å²) >= 11 is 0. The van der Waals surface area contributed by atoms with Crippen LogP contribution in [0.5, 0.6) is 0 Å². The smallest absolute Gasteiger partial charge is 0.345 e. The number of aliphatic hydroxyl groups excluding tert-OH is 1. The second-order valence-corrected chi connectivity index (χ2v) is 5.30. The van der Waals surface area contributed by atoms with Crippen LogP contribution in [0.2, 0.25) is 0 Å². The summed E-state index contributed by atoms with van der Waals surface area (Å²) in [6.45, 7) is 3.87. The summed E-state index contributed by atoms with van der Waals surface area (Å²) in [6.07, 6.45) is 3.37. The summed E-state index contributed by atoms with van der Waals surface area (Å²) in [5, 5.41) is 9.11. The van der Waals surface area contributed by atoms with Gasteiger partial charge < -0.3 is 15.0 Å². The Labute approximate surface area is 117 Å². The van der Waals surface area contributed by atoms with Crippen molar-refractivity contribution in [3.63, 3.8) is 0 Å². The predicted molar refractivity (Wildman–Crippen MR) is 74.5 cm³/mol. The quantitative estimate of drug-likeness (QED) is 0.812. The molecule has 0 spiro atoms. The lowest BCUT2D eigenvalue weighted by Crippen LogP contribution is -2.46. The molecular weight excluding hydrogens is 258 g/mol. The molecule has 0 unspecified atom stereocenters. The number of hydrogen-bond donors (Lipinski definition) is 2. The standard InChI is InChI=1S/C14H21N3O3/c1-9-12(10(2)16-14(20)15-9)8-13(19)17(6-7-18)11-4-3-5-11/h11,18H,3-8H2,1-2H3,(H,15,16,20). The van der Waals surface area contributed by atoms with E-state index < -0.39 is 0 Å². The summed E-state index contributed by atoms with van der Waals surface area (Å²) in [4.78, 5) is 31.9. The summed E-state index contributed by atoms with van der Waals surface area (Å²) in [5.41, 5.74) is 1.67. The van der Waals surface area contributed by atoms with E-state index in [-0.39, 0.29) is 30.7 Å². The normalized spacial score (nSPS) is 14.9. The van der Waals surface area contributed by atoms with Crippen molar-refractivity contribution in [1.29, 1.82) is 0 Å². The molecule has 1 heterocycles. The van der Waals surface area contributed by atoms with E-state index in [0.717, 1.165) is 24.8 Å². The molecule has 1 amide bonds. The molecule has 0 aromatic carbocycles. The van der Waals surface area contributed by atoms with Gasteiger partial charge in [0, 0.05) is 29.5 Å². The number of aryl methyl sites for hydroxylation is 2. The molecular formula is C14H21N3O3. The largest absolute Gasteiger partial charge is 0.395 e. The van der Waals surface area contributed by atoms with E-state index in [1.165, 1.54) is 0 Å². The van der Waals surface area contributed by atoms with E-state index in [2.05, 4.69) is 9.97 Å². The number of aliphatic hydroxyl groups is 1. The Morgan fingerprint density at radius 2 is 2.15 bits per heavy atom. The number of carbonyl (C=O) groups excluding carboxylic acids is 1. The monoisotopic (exact) mass is 279 g/mol. The third-order valence-electron chi connectivity index (χ3n) is 3.96. The fraction of sp³-hybridized carbons (Fsp3) is 0.643. The molecule has 0 bridgehead atoms. The summed E-state index contributed by atoms with van der Waals surface area (Å²) < 4.78 is 0. The van der Waals surface area contributed by atoms with Crippen LogP contribution in [0.25, 0.3) is 0 Å². The molecule has 2 N–H and O–H groups in total. The number of aromatic nitrogens is 2. The maximum Gasteiger partial charge on any atom is 0.345 e. The first-order chi connectivity index (χ1) is 9.52. The molecule has 110 valence electrons. The fourth-order valence-electron chi connectivity index (χ4n) is 2.59. The van der Waals surface area contributed by atoms with E-state index in [1.807, 2.05) is 0 Å². The first-order valence-corrected chi connectivity index (χ1v) is 6.99. The first kappa shape index (κ1) is 14.7. The molecule has 0 radical (unpaired) electrons. The Bertz CT molecular complexity index is 523. The molecule has 1 aromatic rings. The van der Waals surface area contributed by atoms with Gasteiger partial charge in [-0.1, -0.05) is 0 Å². The van der Waals surface area contributed by atoms with Crippen molar-refractivity contribution in [3.05, 3.63) is 27.4 Å². The van der Waals surface area contributed by atoms with E-state index in [9.17, 15) is 9.59 Å². The highest BCUT2D eigenvalue weighted by molar-refractivity contribution is 5.79. The van der Waals surface area contributed by atoms with E-state index in [0.29, 0.717) is 17.9 Å². The molecule has 6 nitrogen and oxygen atoms in total. The third-order valence-corrected chi connectivity index (χ3v) is 3.96. The average Bonchev–Trinajstić information content (AvgIpc) is 2.30. The highest BCUT2D eigenvalue weighted by Gasteiger charge is 2.28. The molecule has 0 saturated heterocycles. The minimum Gasteiger partial charge on any atom is -0.395 e. The predicted octanol–water partition coefficient (Wildman–Crippen LogP) is 0.303. The van der Waals surface area contributed by atoms with Gasteiger partial charge in [0.15, 0.2) is 0 Å². The van der Waals surface area contributed by atoms with Gasteiger partial charge in [0.05, 0.1) is 13.0 Å². The van der Waals surface area contributed by atoms with Crippen LogP contribution in [0, 0.1) is 13.8 Å². The van der Waals surface area contributed by atoms with Crippen molar-refractivity contribution >= 4 is 5.91 Å². The number of hydrogen-bond acceptors (Lipinski definition) is 4. The highest BCUT2D eigenvalue weighted by Crippen LogP contribution is 2.25. The molecule has 20 heavy (non-hydrogen) atoms. The second kappa shape index (κ2) is 6.17. The molecule has 1 aliphatic carbocycles. The van der Waals surface area contributed by atoms with Gasteiger partial charge in [0.1, 0.15) is 0 Å². The SMILES string of the molecule is Cc1nc(=O)[nH]c(C)c1CC(=O)N(CCO)C1CCC1. The molecule has 1 saturated carbocycles. The Hall–Kier alpha value is -1.69. The fourth-order valence-corrected chi connectivity index (χ4v) is 2.59. The molecule has 0 atom stereocenters. The highest BCUT2D eigenvalue weighted by atomic mass is 16.3. The van der Waals surface area contributed by atoms with Crippen LogP contribution in [-0.4, -0.2) is 45.1 Å². The zero-order valence-corrected chi connectivity index (χ0v) is 12.0. The molecule has 2 rings (SSSR count). The average molecular weight is 279 g/mol. The first-order valence-electron chi connectivity index (χ1n) is 6.99. The zero-order valence-electron chi connectivity index (χ0n) is 12.0. The lowest BCUT2D eigenvalue weighted by molar-refractivity contribution is -0.135. The topological polar surface area (TPSA) is 86.3 Å². The Morgan fingerprint density at radius 1 is 1.45 bits per heavy atom. The number of amides is 1. The number of rotatable bonds is 5. The van der Waals surface area contributed by atoms with Crippen LogP contribution >= 0.6 is 0 Å². The van der Waals surface area contributed by atoms with Crippen molar-refractivity contribution < 1.29 is 9.90 Å². The molecule has 1 aliphatic rings. The van der Waals surface area contributed by atoms with Gasteiger partial charge in [-0.3, -0.25) is 4.79 Å². The molecule has 0 aliphatic heterocycles. The van der Waals surface area contributed by atoms with Crippen molar-refractivity contribution in [3.8, 4) is 0 Å². The Balaban J connectivity index is 2.15. The van der Waals surface area contributed by atoms with Crippen LogP contribution < -0.4 is 5.69 Å². The molecule has 6 heteroatoms. The lowest BCUT2D eigenvalue weighted by atomic mass is 9.91. The van der Waals surface area contributed by atoms with Crippen LogP contribution in [0.3, 0.4) is 0 Å². The van der Waals surface area contributed by atoms with Crippen LogP contribution in [0.15, 0.2) is 4.79 Å². The van der Waals surface area contributed by atoms with E-state index >= 15 is 0 Å². The van der Waals surface area contributed by atoms with E-state index in [1.54, 1.807) is 18.7 Å². The molecule has 1 fully saturated rings. The number of nitrogens with one attached hydrogen (secondary N) is 1. The minimum atomic E-state index is -0.387. The van der Waals surface area contributed by atoms with Crippen LogP contribution in [-0.2, 0) is 11.2 Å². The van der Waals surface area contributed by atoms with Crippen molar-refractivity contribution in [2.45, 2.75) is 45.6 Å². The van der Waals surface area contributed by atoms with Gasteiger partial charge in [0.2, 0.25) is 5.91 Å². The third kappa shape index (κ3) is 3.07. The summed E-state index contributed by atoms with van der Waals surface area (Å²) in [5.74, 6) is -0.0104. The van der Waals surface area contributed by atoms with Crippen molar-refractivity contribution in [1.82, 2.24) is 14.9 Å². The lowest BCUT2D eigenvalue weighted by Gasteiger charge is -2.37. The Kier molecular flexibility index (Phi) is 4.54. The second-order valence-electron chi connectivity index (χ2n) is 5.30. The maximum atomic E-state index is 12.4.